The van der Waals surface area contributed by atoms with Crippen molar-refractivity contribution in [2.45, 2.75) is 46.2 Å². The van der Waals surface area contributed by atoms with Crippen molar-refractivity contribution >= 4 is 11.6 Å². The van der Waals surface area contributed by atoms with Gasteiger partial charge in [0.25, 0.3) is 0 Å². The zero-order valence-electron chi connectivity index (χ0n) is 11.7. The van der Waals surface area contributed by atoms with Gasteiger partial charge < -0.3 is 10.2 Å². The van der Waals surface area contributed by atoms with Gasteiger partial charge in [0, 0.05) is 18.3 Å². The van der Waals surface area contributed by atoms with Gasteiger partial charge in [0.2, 0.25) is 5.91 Å². The minimum atomic E-state index is -0.110. The summed E-state index contributed by atoms with van der Waals surface area (Å²) in [5, 5.41) is 3.34. The fourth-order valence-electron chi connectivity index (χ4n) is 2.70. The number of rotatable bonds is 1. The molecule has 1 amide bonds. The third-order valence-electron chi connectivity index (χ3n) is 3.67. The van der Waals surface area contributed by atoms with Crippen molar-refractivity contribution in [1.82, 2.24) is 5.32 Å². The summed E-state index contributed by atoms with van der Waals surface area (Å²) < 4.78 is 0. The Balaban J connectivity index is 2.39. The summed E-state index contributed by atoms with van der Waals surface area (Å²) in [7, 11) is 0. The average Bonchev–Trinajstić information content (AvgIpc) is 2.42. The normalized spacial score (nSPS) is 25.1. The smallest absolute Gasteiger partial charge is 0.243 e. The first-order valence-corrected chi connectivity index (χ1v) is 6.64. The van der Waals surface area contributed by atoms with Crippen LogP contribution in [-0.4, -0.2) is 24.5 Å². The highest BCUT2D eigenvalue weighted by atomic mass is 16.2. The van der Waals surface area contributed by atoms with Gasteiger partial charge >= 0.3 is 0 Å². The molecule has 0 saturated carbocycles. The minimum Gasteiger partial charge on any atom is -0.310 e. The van der Waals surface area contributed by atoms with E-state index in [1.54, 1.807) is 0 Å². The Kier molecular flexibility index (Phi) is 3.71. The van der Waals surface area contributed by atoms with Crippen molar-refractivity contribution < 1.29 is 4.79 Å². The molecule has 98 valence electrons. The number of hydrogen-bond donors (Lipinski definition) is 1. The first-order chi connectivity index (χ1) is 8.50. The molecule has 0 aromatic heterocycles. The summed E-state index contributed by atoms with van der Waals surface area (Å²) in [5.74, 6) is 0.178. The Hall–Kier alpha value is -1.35. The van der Waals surface area contributed by atoms with E-state index in [1.807, 2.05) is 17.9 Å². The second kappa shape index (κ2) is 5.11. The van der Waals surface area contributed by atoms with E-state index >= 15 is 0 Å². The van der Waals surface area contributed by atoms with Gasteiger partial charge in [-0.15, -0.1) is 0 Å². The van der Waals surface area contributed by atoms with Gasteiger partial charge in [-0.3, -0.25) is 4.79 Å². The highest BCUT2D eigenvalue weighted by molar-refractivity contribution is 5.98. The molecule has 0 radical (unpaired) electrons. The number of amides is 1. The first kappa shape index (κ1) is 13.1. The van der Waals surface area contributed by atoms with E-state index in [2.05, 4.69) is 38.2 Å². The minimum absolute atomic E-state index is 0.110. The Morgan fingerprint density at radius 2 is 1.83 bits per heavy atom. The molecule has 2 rings (SSSR count). The van der Waals surface area contributed by atoms with Gasteiger partial charge in [0.15, 0.2) is 0 Å². The molecule has 2 unspecified atom stereocenters. The van der Waals surface area contributed by atoms with E-state index in [1.165, 1.54) is 11.1 Å². The average molecular weight is 246 g/mol. The molecule has 1 saturated heterocycles. The Bertz CT molecular complexity index is 436. The largest absolute Gasteiger partial charge is 0.310 e. The lowest BCUT2D eigenvalue weighted by molar-refractivity contribution is -0.119. The highest BCUT2D eigenvalue weighted by Crippen LogP contribution is 2.26. The van der Waals surface area contributed by atoms with E-state index < -0.39 is 0 Å². The van der Waals surface area contributed by atoms with Crippen LogP contribution in [0, 0.1) is 13.8 Å². The van der Waals surface area contributed by atoms with Crippen molar-refractivity contribution in [2.24, 2.45) is 0 Å². The summed E-state index contributed by atoms with van der Waals surface area (Å²) in [6.07, 6.45) is 0.990. The van der Waals surface area contributed by atoms with Crippen molar-refractivity contribution in [3.8, 4) is 0 Å². The number of benzene rings is 1. The van der Waals surface area contributed by atoms with E-state index in [4.69, 9.17) is 0 Å². The van der Waals surface area contributed by atoms with Crippen LogP contribution in [0.25, 0.3) is 0 Å². The molecule has 0 bridgehead atoms. The number of carbonyl (C=O) groups excluding carboxylic acids is 1. The maximum Gasteiger partial charge on any atom is 0.243 e. The molecule has 3 nitrogen and oxygen atoms in total. The Morgan fingerprint density at radius 1 is 1.22 bits per heavy atom. The molecule has 3 heteroatoms. The summed E-state index contributed by atoms with van der Waals surface area (Å²) in [4.78, 5) is 14.4. The Morgan fingerprint density at radius 3 is 2.44 bits per heavy atom. The van der Waals surface area contributed by atoms with E-state index in [0.717, 1.165) is 18.7 Å². The van der Waals surface area contributed by atoms with E-state index in [9.17, 15) is 4.79 Å². The number of hydrogen-bond acceptors (Lipinski definition) is 2. The molecule has 1 heterocycles. The number of anilines is 1. The number of nitrogens with zero attached hydrogens (tertiary/aromatic N) is 1. The molecule has 1 aromatic carbocycles. The molecule has 18 heavy (non-hydrogen) atoms. The lowest BCUT2D eigenvalue weighted by atomic mass is 10.1. The van der Waals surface area contributed by atoms with Crippen LogP contribution >= 0.6 is 0 Å². The van der Waals surface area contributed by atoms with Gasteiger partial charge in [0.05, 0.1) is 6.04 Å². The number of carbonyl (C=O) groups is 1. The molecule has 2 atom stereocenters. The van der Waals surface area contributed by atoms with Crippen molar-refractivity contribution in [2.75, 3.05) is 11.4 Å². The predicted octanol–water partition coefficient (Wildman–Crippen LogP) is 2.41. The van der Waals surface area contributed by atoms with Crippen LogP contribution in [0.15, 0.2) is 18.2 Å². The zero-order valence-corrected chi connectivity index (χ0v) is 11.7. The summed E-state index contributed by atoms with van der Waals surface area (Å²) >= 11 is 0. The molecule has 1 N–H and O–H groups in total. The standard InChI is InChI=1S/C15H22N2O/c1-10-6-5-7-11(2)14(10)17-9-8-12(3)16-13(4)15(17)18/h5-7,12-13,16H,8-9H2,1-4H3. The molecule has 1 aliphatic heterocycles. The van der Waals surface area contributed by atoms with Crippen LogP contribution in [0.5, 0.6) is 0 Å². The lowest BCUT2D eigenvalue weighted by Crippen LogP contribution is -2.43. The SMILES string of the molecule is Cc1cccc(C)c1N1CCC(C)NC(C)C1=O. The predicted molar refractivity (Wildman–Crippen MR) is 74.9 cm³/mol. The van der Waals surface area contributed by atoms with Gasteiger partial charge in [-0.25, -0.2) is 0 Å². The molecule has 1 aromatic rings. The molecule has 0 aliphatic carbocycles. The fraction of sp³-hybridized carbons (Fsp3) is 0.533. The second-order valence-corrected chi connectivity index (χ2v) is 5.31. The molecule has 1 aliphatic rings. The third kappa shape index (κ3) is 2.41. The summed E-state index contributed by atoms with van der Waals surface area (Å²) in [6.45, 7) is 9.02. The van der Waals surface area contributed by atoms with Gasteiger partial charge in [-0.2, -0.15) is 0 Å². The number of aryl methyl sites for hydroxylation is 2. The van der Waals surface area contributed by atoms with Gasteiger partial charge in [0.1, 0.15) is 0 Å². The van der Waals surface area contributed by atoms with E-state index in [0.29, 0.717) is 6.04 Å². The number of para-hydroxylation sites is 1. The van der Waals surface area contributed by atoms with Crippen molar-refractivity contribution in [3.05, 3.63) is 29.3 Å². The summed E-state index contributed by atoms with van der Waals surface area (Å²) in [6, 6.07) is 6.46. The zero-order chi connectivity index (χ0) is 13.3. The first-order valence-electron chi connectivity index (χ1n) is 6.64. The highest BCUT2D eigenvalue weighted by Gasteiger charge is 2.28. The third-order valence-corrected chi connectivity index (χ3v) is 3.67. The van der Waals surface area contributed by atoms with Gasteiger partial charge in [-0.05, 0) is 45.2 Å². The molecular formula is C15H22N2O. The second-order valence-electron chi connectivity index (χ2n) is 5.31. The lowest BCUT2D eigenvalue weighted by Gasteiger charge is -2.26. The Labute approximate surface area is 109 Å². The maximum absolute atomic E-state index is 12.5. The van der Waals surface area contributed by atoms with Crippen LogP contribution in [-0.2, 0) is 4.79 Å². The molecule has 0 spiro atoms. The van der Waals surface area contributed by atoms with Crippen LogP contribution < -0.4 is 10.2 Å². The van der Waals surface area contributed by atoms with Crippen LogP contribution in [0.2, 0.25) is 0 Å². The number of nitrogens with one attached hydrogen (secondary N) is 1. The molecule has 1 fully saturated rings. The van der Waals surface area contributed by atoms with Crippen LogP contribution in [0.3, 0.4) is 0 Å². The summed E-state index contributed by atoms with van der Waals surface area (Å²) in [5.41, 5.74) is 3.43. The molecular weight excluding hydrogens is 224 g/mol. The maximum atomic E-state index is 12.5. The van der Waals surface area contributed by atoms with Crippen molar-refractivity contribution in [1.29, 1.82) is 0 Å². The van der Waals surface area contributed by atoms with E-state index in [-0.39, 0.29) is 11.9 Å². The van der Waals surface area contributed by atoms with Crippen molar-refractivity contribution in [3.63, 3.8) is 0 Å². The van der Waals surface area contributed by atoms with Crippen LogP contribution in [0.1, 0.15) is 31.4 Å². The quantitative estimate of drug-likeness (QED) is 0.825. The topological polar surface area (TPSA) is 32.3 Å². The van der Waals surface area contributed by atoms with Gasteiger partial charge in [-0.1, -0.05) is 18.2 Å². The van der Waals surface area contributed by atoms with Crippen LogP contribution in [0.4, 0.5) is 5.69 Å². The monoisotopic (exact) mass is 246 g/mol. The fourth-order valence-corrected chi connectivity index (χ4v) is 2.70.